The van der Waals surface area contributed by atoms with Crippen molar-refractivity contribution in [1.29, 1.82) is 5.26 Å². The van der Waals surface area contributed by atoms with Crippen molar-refractivity contribution in [2.24, 2.45) is 5.92 Å². The number of hydrogen-bond acceptors (Lipinski definition) is 3. The fourth-order valence-corrected chi connectivity index (χ4v) is 2.38. The van der Waals surface area contributed by atoms with Crippen LogP contribution in [0.2, 0.25) is 0 Å². The van der Waals surface area contributed by atoms with Crippen LogP contribution in [0, 0.1) is 17.4 Å². The molecule has 3 nitrogen and oxygen atoms in total. The van der Waals surface area contributed by atoms with Gasteiger partial charge in [-0.1, -0.05) is 30.3 Å². The lowest BCUT2D eigenvalue weighted by atomic mass is 9.96. The minimum atomic E-state index is 0.668. The van der Waals surface area contributed by atoms with Gasteiger partial charge in [0.25, 0.3) is 0 Å². The van der Waals surface area contributed by atoms with Gasteiger partial charge in [0, 0.05) is 13.1 Å². The van der Waals surface area contributed by atoms with E-state index in [4.69, 9.17) is 5.26 Å². The van der Waals surface area contributed by atoms with Crippen molar-refractivity contribution in [3.63, 3.8) is 0 Å². The molecule has 0 aromatic heterocycles. The molecule has 1 N–H and O–H groups in total. The lowest BCUT2D eigenvalue weighted by Gasteiger charge is -2.31. The highest BCUT2D eigenvalue weighted by Crippen LogP contribution is 2.18. The Morgan fingerprint density at radius 3 is 2.59 bits per heavy atom. The van der Waals surface area contributed by atoms with Gasteiger partial charge in [0.1, 0.15) is 0 Å². The van der Waals surface area contributed by atoms with Crippen molar-refractivity contribution in [2.45, 2.75) is 19.4 Å². The maximum atomic E-state index is 8.47. The Kier molecular flexibility index (Phi) is 4.40. The summed E-state index contributed by atoms with van der Waals surface area (Å²) in [5.74, 6) is 0.668. The molecule has 0 spiro atoms. The molecule has 1 aromatic carbocycles. The SMILES string of the molecule is N#CNCC1CCN(Cc2ccccc2)CC1. The summed E-state index contributed by atoms with van der Waals surface area (Å²) in [4.78, 5) is 2.50. The zero-order valence-corrected chi connectivity index (χ0v) is 10.1. The summed E-state index contributed by atoms with van der Waals surface area (Å²) in [6, 6.07) is 10.6. The van der Waals surface area contributed by atoms with E-state index in [1.54, 1.807) is 0 Å². The Morgan fingerprint density at radius 2 is 1.94 bits per heavy atom. The van der Waals surface area contributed by atoms with E-state index >= 15 is 0 Å². The van der Waals surface area contributed by atoms with Crippen LogP contribution in [-0.4, -0.2) is 24.5 Å². The minimum absolute atomic E-state index is 0.668. The number of nitrogens with one attached hydrogen (secondary N) is 1. The van der Waals surface area contributed by atoms with Gasteiger partial charge < -0.3 is 5.32 Å². The van der Waals surface area contributed by atoms with E-state index in [2.05, 4.69) is 40.5 Å². The second-order valence-corrected chi connectivity index (χ2v) is 4.70. The average molecular weight is 229 g/mol. The molecule has 1 aromatic rings. The Hall–Kier alpha value is -1.53. The molecule has 0 radical (unpaired) electrons. The van der Waals surface area contributed by atoms with E-state index in [-0.39, 0.29) is 0 Å². The Bertz CT molecular complexity index is 361. The van der Waals surface area contributed by atoms with E-state index in [1.807, 2.05) is 6.19 Å². The summed E-state index contributed by atoms with van der Waals surface area (Å²) >= 11 is 0. The highest BCUT2D eigenvalue weighted by Gasteiger charge is 2.18. The third-order valence-corrected chi connectivity index (χ3v) is 3.43. The predicted octanol–water partition coefficient (Wildman–Crippen LogP) is 1.97. The van der Waals surface area contributed by atoms with E-state index < -0.39 is 0 Å². The third-order valence-electron chi connectivity index (χ3n) is 3.43. The molecule has 0 saturated carbocycles. The van der Waals surface area contributed by atoms with E-state index in [0.29, 0.717) is 5.92 Å². The van der Waals surface area contributed by atoms with Gasteiger partial charge in [-0.3, -0.25) is 4.90 Å². The number of piperidine rings is 1. The molecule has 0 bridgehead atoms. The average Bonchev–Trinajstić information content (AvgIpc) is 2.39. The molecule has 17 heavy (non-hydrogen) atoms. The first-order chi connectivity index (χ1) is 8.38. The summed E-state index contributed by atoms with van der Waals surface area (Å²) in [5, 5.41) is 11.2. The molecule has 1 saturated heterocycles. The zero-order chi connectivity index (χ0) is 11.9. The highest BCUT2D eigenvalue weighted by atomic mass is 15.1. The first kappa shape index (κ1) is 11.9. The molecule has 90 valence electrons. The summed E-state index contributed by atoms with van der Waals surface area (Å²) in [6.45, 7) is 4.19. The standard InChI is InChI=1S/C14H19N3/c15-12-16-10-13-6-8-17(9-7-13)11-14-4-2-1-3-5-14/h1-5,13,16H,6-11H2. The van der Waals surface area contributed by atoms with Crippen molar-refractivity contribution >= 4 is 0 Å². The summed E-state index contributed by atoms with van der Waals surface area (Å²) in [7, 11) is 0. The van der Waals surface area contributed by atoms with Gasteiger partial charge >= 0.3 is 0 Å². The lowest BCUT2D eigenvalue weighted by molar-refractivity contribution is 0.178. The van der Waals surface area contributed by atoms with Crippen molar-refractivity contribution in [1.82, 2.24) is 10.2 Å². The van der Waals surface area contributed by atoms with Gasteiger partial charge in [-0.2, -0.15) is 5.26 Å². The molecular weight excluding hydrogens is 210 g/mol. The van der Waals surface area contributed by atoms with Gasteiger partial charge in [0.15, 0.2) is 6.19 Å². The first-order valence-electron chi connectivity index (χ1n) is 6.26. The fourth-order valence-electron chi connectivity index (χ4n) is 2.38. The van der Waals surface area contributed by atoms with Gasteiger partial charge in [0.05, 0.1) is 0 Å². The van der Waals surface area contributed by atoms with Crippen LogP contribution in [-0.2, 0) is 6.54 Å². The monoisotopic (exact) mass is 229 g/mol. The van der Waals surface area contributed by atoms with Crippen molar-refractivity contribution < 1.29 is 0 Å². The molecule has 1 aliphatic rings. The molecular formula is C14H19N3. The third kappa shape index (κ3) is 3.76. The largest absolute Gasteiger partial charge is 0.324 e. The maximum absolute atomic E-state index is 8.47. The lowest BCUT2D eigenvalue weighted by Crippen LogP contribution is -2.36. The maximum Gasteiger partial charge on any atom is 0.176 e. The summed E-state index contributed by atoms with van der Waals surface area (Å²) in [5.41, 5.74) is 1.39. The predicted molar refractivity (Wildman–Crippen MR) is 68.1 cm³/mol. The topological polar surface area (TPSA) is 39.1 Å². The van der Waals surface area contributed by atoms with Crippen LogP contribution in [0.25, 0.3) is 0 Å². The van der Waals surface area contributed by atoms with E-state index in [0.717, 1.165) is 26.2 Å². The van der Waals surface area contributed by atoms with Crippen molar-refractivity contribution in [2.75, 3.05) is 19.6 Å². The number of hydrogen-bond donors (Lipinski definition) is 1. The van der Waals surface area contributed by atoms with Crippen LogP contribution in [0.5, 0.6) is 0 Å². The Balaban J connectivity index is 1.74. The highest BCUT2D eigenvalue weighted by molar-refractivity contribution is 5.14. The van der Waals surface area contributed by atoms with Crippen LogP contribution in [0.3, 0.4) is 0 Å². The number of benzene rings is 1. The van der Waals surface area contributed by atoms with Crippen molar-refractivity contribution in [3.8, 4) is 6.19 Å². The van der Waals surface area contributed by atoms with Crippen LogP contribution < -0.4 is 5.32 Å². The second kappa shape index (κ2) is 6.27. The molecule has 0 atom stereocenters. The molecule has 0 aliphatic carbocycles. The van der Waals surface area contributed by atoms with Gasteiger partial charge in [-0.05, 0) is 37.4 Å². The summed E-state index contributed by atoms with van der Waals surface area (Å²) < 4.78 is 0. The Labute approximate surface area is 103 Å². The molecule has 0 unspecified atom stereocenters. The Morgan fingerprint density at radius 1 is 1.24 bits per heavy atom. The fraction of sp³-hybridized carbons (Fsp3) is 0.500. The smallest absolute Gasteiger partial charge is 0.176 e. The first-order valence-corrected chi connectivity index (χ1v) is 6.26. The van der Waals surface area contributed by atoms with E-state index in [9.17, 15) is 0 Å². The second-order valence-electron chi connectivity index (χ2n) is 4.70. The number of likely N-dealkylation sites (tertiary alicyclic amines) is 1. The molecule has 2 rings (SSSR count). The summed E-state index contributed by atoms with van der Waals surface area (Å²) in [6.07, 6.45) is 4.39. The van der Waals surface area contributed by atoms with Crippen LogP contribution in [0.15, 0.2) is 30.3 Å². The zero-order valence-electron chi connectivity index (χ0n) is 10.1. The van der Waals surface area contributed by atoms with Gasteiger partial charge in [-0.25, -0.2) is 0 Å². The van der Waals surface area contributed by atoms with Crippen LogP contribution >= 0.6 is 0 Å². The molecule has 1 fully saturated rings. The molecule has 1 heterocycles. The van der Waals surface area contributed by atoms with Crippen LogP contribution in [0.4, 0.5) is 0 Å². The molecule has 3 heteroatoms. The number of nitriles is 1. The van der Waals surface area contributed by atoms with Gasteiger partial charge in [0.2, 0.25) is 0 Å². The number of nitrogens with zero attached hydrogens (tertiary/aromatic N) is 2. The molecule has 1 aliphatic heterocycles. The van der Waals surface area contributed by atoms with Crippen molar-refractivity contribution in [3.05, 3.63) is 35.9 Å². The van der Waals surface area contributed by atoms with Gasteiger partial charge in [-0.15, -0.1) is 0 Å². The minimum Gasteiger partial charge on any atom is -0.324 e. The van der Waals surface area contributed by atoms with Crippen LogP contribution in [0.1, 0.15) is 18.4 Å². The quantitative estimate of drug-likeness (QED) is 0.634. The van der Waals surface area contributed by atoms with E-state index in [1.165, 1.54) is 18.4 Å². The number of rotatable bonds is 4. The normalized spacial score (nSPS) is 17.6. The molecule has 0 amide bonds.